The number of nitrogens with one attached hydrogen (secondary N) is 1. The molecule has 0 saturated heterocycles. The highest BCUT2D eigenvalue weighted by molar-refractivity contribution is 5.39. The van der Waals surface area contributed by atoms with E-state index in [1.807, 2.05) is 24.3 Å². The maximum atomic E-state index is 9.55. The highest BCUT2D eigenvalue weighted by Crippen LogP contribution is 2.25. The monoisotopic (exact) mass is 255 g/mol. The summed E-state index contributed by atoms with van der Waals surface area (Å²) in [7, 11) is 1.60. The van der Waals surface area contributed by atoms with E-state index >= 15 is 0 Å². The van der Waals surface area contributed by atoms with Gasteiger partial charge in [-0.05, 0) is 19.1 Å². The lowest BCUT2D eigenvalue weighted by Crippen LogP contribution is -2.42. The molecule has 1 unspecified atom stereocenters. The molecule has 5 nitrogen and oxygen atoms in total. The minimum Gasteiger partial charge on any atom is -0.493 e. The highest BCUT2D eigenvalue weighted by atomic mass is 16.5. The van der Waals surface area contributed by atoms with Crippen molar-refractivity contribution in [3.05, 3.63) is 24.3 Å². The third kappa shape index (κ3) is 4.91. The largest absolute Gasteiger partial charge is 0.493 e. The molecule has 0 heterocycles. The van der Waals surface area contributed by atoms with Crippen LogP contribution in [0.5, 0.6) is 11.5 Å². The Labute approximate surface area is 107 Å². The summed E-state index contributed by atoms with van der Waals surface area (Å²) in [5, 5.41) is 21.4. The molecule has 3 N–H and O–H groups in total. The molecule has 5 heteroatoms. The van der Waals surface area contributed by atoms with Crippen molar-refractivity contribution < 1.29 is 19.7 Å². The topological polar surface area (TPSA) is 71.0 Å². The summed E-state index contributed by atoms with van der Waals surface area (Å²) in [6.07, 6.45) is 0. The Morgan fingerprint density at radius 3 is 2.56 bits per heavy atom. The average molecular weight is 255 g/mol. The summed E-state index contributed by atoms with van der Waals surface area (Å²) in [6.45, 7) is 2.66. The van der Waals surface area contributed by atoms with Gasteiger partial charge in [0.05, 0.1) is 19.3 Å². The molecule has 0 saturated carbocycles. The molecule has 0 bridgehead atoms. The molecule has 0 amide bonds. The quantitative estimate of drug-likeness (QED) is 0.587. The zero-order valence-electron chi connectivity index (χ0n) is 10.8. The van der Waals surface area contributed by atoms with Crippen LogP contribution in [0.3, 0.4) is 0 Å². The van der Waals surface area contributed by atoms with Crippen LogP contribution in [-0.2, 0) is 0 Å². The minimum absolute atomic E-state index is 0.270. The van der Waals surface area contributed by atoms with Crippen LogP contribution in [0.4, 0.5) is 0 Å². The second kappa shape index (κ2) is 7.20. The SMILES string of the molecule is COc1ccccc1OCCNCC(C)(O)CO. The number of methoxy groups -OCH3 is 1. The predicted molar refractivity (Wildman–Crippen MR) is 69.1 cm³/mol. The van der Waals surface area contributed by atoms with Crippen molar-refractivity contribution in [1.82, 2.24) is 5.32 Å². The van der Waals surface area contributed by atoms with Gasteiger partial charge in [0.2, 0.25) is 0 Å². The van der Waals surface area contributed by atoms with E-state index in [0.29, 0.717) is 31.2 Å². The van der Waals surface area contributed by atoms with Gasteiger partial charge in [-0.3, -0.25) is 0 Å². The highest BCUT2D eigenvalue weighted by Gasteiger charge is 2.17. The van der Waals surface area contributed by atoms with E-state index in [1.54, 1.807) is 14.0 Å². The van der Waals surface area contributed by atoms with Crippen LogP contribution in [0.25, 0.3) is 0 Å². The predicted octanol–water partition coefficient (Wildman–Crippen LogP) is 0.407. The van der Waals surface area contributed by atoms with E-state index in [0.717, 1.165) is 0 Å². The molecule has 1 aromatic carbocycles. The first-order valence-electron chi connectivity index (χ1n) is 5.89. The molecule has 0 aromatic heterocycles. The van der Waals surface area contributed by atoms with Gasteiger partial charge in [-0.2, -0.15) is 0 Å². The summed E-state index contributed by atoms with van der Waals surface area (Å²) < 4.78 is 10.7. The molecule has 0 aliphatic carbocycles. The first-order chi connectivity index (χ1) is 8.59. The first kappa shape index (κ1) is 14.8. The molecule has 1 atom stereocenters. The zero-order chi connectivity index (χ0) is 13.4. The summed E-state index contributed by atoms with van der Waals surface area (Å²) in [6, 6.07) is 7.42. The smallest absolute Gasteiger partial charge is 0.161 e. The van der Waals surface area contributed by atoms with E-state index < -0.39 is 5.60 Å². The van der Waals surface area contributed by atoms with E-state index in [-0.39, 0.29) is 6.61 Å². The van der Waals surface area contributed by atoms with Gasteiger partial charge >= 0.3 is 0 Å². The molecule has 18 heavy (non-hydrogen) atoms. The van der Waals surface area contributed by atoms with E-state index in [4.69, 9.17) is 14.6 Å². The van der Waals surface area contributed by atoms with Gasteiger partial charge in [-0.1, -0.05) is 12.1 Å². The fraction of sp³-hybridized carbons (Fsp3) is 0.538. The molecule has 0 spiro atoms. The van der Waals surface area contributed by atoms with Gasteiger partial charge < -0.3 is 25.0 Å². The van der Waals surface area contributed by atoms with E-state index in [9.17, 15) is 5.11 Å². The van der Waals surface area contributed by atoms with Crippen molar-refractivity contribution in [3.8, 4) is 11.5 Å². The minimum atomic E-state index is -1.09. The number of para-hydroxylation sites is 2. The Hall–Kier alpha value is -1.30. The molecule has 1 rings (SSSR count). The fourth-order valence-corrected chi connectivity index (χ4v) is 1.38. The molecular weight excluding hydrogens is 234 g/mol. The third-order valence-electron chi connectivity index (χ3n) is 2.45. The third-order valence-corrected chi connectivity index (χ3v) is 2.45. The summed E-state index contributed by atoms with van der Waals surface area (Å²) in [5.41, 5.74) is -1.09. The van der Waals surface area contributed by atoms with Crippen LogP contribution in [0, 0.1) is 0 Å². The second-order valence-electron chi connectivity index (χ2n) is 4.33. The van der Waals surface area contributed by atoms with Gasteiger partial charge in [0, 0.05) is 13.1 Å². The van der Waals surface area contributed by atoms with Crippen molar-refractivity contribution in [2.24, 2.45) is 0 Å². The van der Waals surface area contributed by atoms with Gasteiger partial charge in [0.1, 0.15) is 6.61 Å². The van der Waals surface area contributed by atoms with E-state index in [2.05, 4.69) is 5.32 Å². The zero-order valence-corrected chi connectivity index (χ0v) is 10.8. The van der Waals surface area contributed by atoms with Crippen LogP contribution in [0.2, 0.25) is 0 Å². The summed E-state index contributed by atoms with van der Waals surface area (Å²) in [4.78, 5) is 0. The fourth-order valence-electron chi connectivity index (χ4n) is 1.38. The lowest BCUT2D eigenvalue weighted by atomic mass is 10.1. The maximum Gasteiger partial charge on any atom is 0.161 e. The lowest BCUT2D eigenvalue weighted by Gasteiger charge is -2.20. The number of aliphatic hydroxyl groups is 2. The molecule has 1 aromatic rings. The Balaban J connectivity index is 2.26. The number of aliphatic hydroxyl groups excluding tert-OH is 1. The van der Waals surface area contributed by atoms with Crippen LogP contribution in [-0.4, -0.2) is 49.2 Å². The van der Waals surface area contributed by atoms with Gasteiger partial charge in [-0.15, -0.1) is 0 Å². The Kier molecular flexibility index (Phi) is 5.91. The van der Waals surface area contributed by atoms with Gasteiger partial charge in [0.25, 0.3) is 0 Å². The standard InChI is InChI=1S/C13H21NO4/c1-13(16,10-15)9-14-7-8-18-12-6-4-3-5-11(12)17-2/h3-6,14-16H,7-10H2,1-2H3. The van der Waals surface area contributed by atoms with Crippen molar-refractivity contribution in [1.29, 1.82) is 0 Å². The molecule has 102 valence electrons. The lowest BCUT2D eigenvalue weighted by molar-refractivity contribution is 0.00243. The molecule has 0 aliphatic rings. The number of hydrogen-bond donors (Lipinski definition) is 3. The van der Waals surface area contributed by atoms with Crippen LogP contribution >= 0.6 is 0 Å². The Bertz CT molecular complexity index is 355. The van der Waals surface area contributed by atoms with Gasteiger partial charge in [-0.25, -0.2) is 0 Å². The Morgan fingerprint density at radius 2 is 1.94 bits per heavy atom. The number of hydrogen-bond acceptors (Lipinski definition) is 5. The molecule has 0 aliphatic heterocycles. The number of rotatable bonds is 8. The summed E-state index contributed by atoms with van der Waals surface area (Å²) >= 11 is 0. The van der Waals surface area contributed by atoms with Crippen molar-refractivity contribution in [3.63, 3.8) is 0 Å². The second-order valence-corrected chi connectivity index (χ2v) is 4.33. The van der Waals surface area contributed by atoms with Crippen molar-refractivity contribution in [2.75, 3.05) is 33.4 Å². The van der Waals surface area contributed by atoms with Crippen molar-refractivity contribution in [2.45, 2.75) is 12.5 Å². The van der Waals surface area contributed by atoms with Crippen LogP contribution < -0.4 is 14.8 Å². The number of ether oxygens (including phenoxy) is 2. The first-order valence-corrected chi connectivity index (χ1v) is 5.89. The van der Waals surface area contributed by atoms with Crippen molar-refractivity contribution >= 4 is 0 Å². The van der Waals surface area contributed by atoms with E-state index in [1.165, 1.54) is 0 Å². The normalized spacial score (nSPS) is 14.0. The van der Waals surface area contributed by atoms with Crippen LogP contribution in [0.15, 0.2) is 24.3 Å². The molecule has 0 radical (unpaired) electrons. The molecule has 0 fully saturated rings. The Morgan fingerprint density at radius 1 is 1.28 bits per heavy atom. The summed E-state index contributed by atoms with van der Waals surface area (Å²) in [5.74, 6) is 1.38. The molecular formula is C13H21NO4. The number of benzene rings is 1. The van der Waals surface area contributed by atoms with Crippen LogP contribution in [0.1, 0.15) is 6.92 Å². The van der Waals surface area contributed by atoms with Gasteiger partial charge in [0.15, 0.2) is 11.5 Å². The maximum absolute atomic E-state index is 9.55. The average Bonchev–Trinajstić information content (AvgIpc) is 2.38.